The minimum atomic E-state index is -0.850. The number of carbonyl (C=O) groups is 2. The Balaban J connectivity index is 3.44. The summed E-state index contributed by atoms with van der Waals surface area (Å²) in [5, 5.41) is 23.2. The molecule has 0 aromatic heterocycles. The molecule has 1 amide bonds. The third-order valence-corrected chi connectivity index (χ3v) is 15.5. The highest BCUT2D eigenvalue weighted by Crippen LogP contribution is 2.18. The van der Waals surface area contributed by atoms with Crippen molar-refractivity contribution in [2.45, 2.75) is 379 Å². The zero-order valence-electron chi connectivity index (χ0n) is 49.4. The Labute approximate surface area is 456 Å². The summed E-state index contributed by atoms with van der Waals surface area (Å²) in [4.78, 5) is 24.6. The fourth-order valence-corrected chi connectivity index (χ4v) is 10.4. The van der Waals surface area contributed by atoms with Gasteiger partial charge in [-0.15, -0.1) is 0 Å². The van der Waals surface area contributed by atoms with Crippen molar-refractivity contribution >= 4 is 11.9 Å². The Hall–Kier alpha value is -1.66. The van der Waals surface area contributed by atoms with E-state index in [9.17, 15) is 19.8 Å². The maximum Gasteiger partial charge on any atom is 0.305 e. The zero-order valence-corrected chi connectivity index (χ0v) is 49.4. The Morgan fingerprint density at radius 3 is 0.973 bits per heavy atom. The molecule has 3 N–H and O–H groups in total. The average molecular weight is 1030 g/mol. The lowest BCUT2D eigenvalue weighted by atomic mass is 10.0. The molecule has 0 aliphatic carbocycles. The summed E-state index contributed by atoms with van der Waals surface area (Å²) in [6, 6.07) is -0.633. The standard InChI is InChI=1S/C67H129NO5/c1-3-5-7-9-11-13-15-17-19-20-21-22-23-24-25-26-28-32-35-39-43-47-51-55-59-65(70)64(63-69)68-66(71)60-56-52-48-44-40-36-33-29-27-30-34-38-42-46-50-54-58-62-73-67(72)61-57-53-49-45-41-37-31-18-16-14-12-10-8-6-4-2/h18,31,55,59,64-65,69-70H,3-17,19-30,32-54,56-58,60-63H2,1-2H3,(H,68,71)/b31-18-,59-55+. The Morgan fingerprint density at radius 2 is 0.644 bits per heavy atom. The van der Waals surface area contributed by atoms with Crippen LogP contribution in [-0.2, 0) is 14.3 Å². The van der Waals surface area contributed by atoms with E-state index in [2.05, 4.69) is 31.3 Å². The summed E-state index contributed by atoms with van der Waals surface area (Å²) in [7, 11) is 0. The van der Waals surface area contributed by atoms with Gasteiger partial charge in [0.25, 0.3) is 0 Å². The van der Waals surface area contributed by atoms with E-state index in [1.807, 2.05) is 6.08 Å². The maximum atomic E-state index is 12.5. The van der Waals surface area contributed by atoms with Gasteiger partial charge in [0.1, 0.15) is 0 Å². The van der Waals surface area contributed by atoms with E-state index in [1.54, 1.807) is 6.08 Å². The van der Waals surface area contributed by atoms with Crippen LogP contribution < -0.4 is 5.32 Å². The second-order valence-electron chi connectivity index (χ2n) is 22.8. The molecule has 0 spiro atoms. The van der Waals surface area contributed by atoms with Crippen molar-refractivity contribution in [1.82, 2.24) is 5.32 Å². The monoisotopic (exact) mass is 1030 g/mol. The van der Waals surface area contributed by atoms with Crippen molar-refractivity contribution in [3.8, 4) is 0 Å². The number of hydrogen-bond acceptors (Lipinski definition) is 5. The van der Waals surface area contributed by atoms with Gasteiger partial charge in [-0.3, -0.25) is 9.59 Å². The number of rotatable bonds is 62. The minimum Gasteiger partial charge on any atom is -0.466 e. The van der Waals surface area contributed by atoms with Crippen LogP contribution >= 0.6 is 0 Å². The smallest absolute Gasteiger partial charge is 0.305 e. The first-order valence-corrected chi connectivity index (χ1v) is 33.1. The second-order valence-corrected chi connectivity index (χ2v) is 22.8. The predicted molar refractivity (Wildman–Crippen MR) is 320 cm³/mol. The molecule has 0 aromatic carbocycles. The number of carbonyl (C=O) groups excluding carboxylic acids is 2. The van der Waals surface area contributed by atoms with E-state index >= 15 is 0 Å². The average Bonchev–Trinajstić information content (AvgIpc) is 3.39. The molecule has 0 aromatic rings. The molecule has 6 nitrogen and oxygen atoms in total. The molecule has 0 aliphatic rings. The summed E-state index contributed by atoms with van der Waals surface area (Å²) in [6.45, 7) is 4.92. The van der Waals surface area contributed by atoms with E-state index in [-0.39, 0.29) is 18.5 Å². The van der Waals surface area contributed by atoms with Crippen LogP contribution in [0, 0.1) is 0 Å². The molecule has 0 fully saturated rings. The number of ether oxygens (including phenoxy) is 1. The van der Waals surface area contributed by atoms with E-state index in [1.165, 1.54) is 295 Å². The Kier molecular flexibility index (Phi) is 61.4. The van der Waals surface area contributed by atoms with Gasteiger partial charge in [-0.2, -0.15) is 0 Å². The van der Waals surface area contributed by atoms with Crippen LogP contribution in [0.2, 0.25) is 0 Å². The molecule has 2 atom stereocenters. The molecule has 73 heavy (non-hydrogen) atoms. The van der Waals surface area contributed by atoms with Crippen LogP contribution in [0.15, 0.2) is 24.3 Å². The van der Waals surface area contributed by atoms with Crippen LogP contribution in [0.5, 0.6) is 0 Å². The lowest BCUT2D eigenvalue weighted by Crippen LogP contribution is -2.45. The van der Waals surface area contributed by atoms with Gasteiger partial charge in [0.15, 0.2) is 0 Å². The first kappa shape index (κ1) is 71.3. The summed E-state index contributed by atoms with van der Waals surface area (Å²) in [5.41, 5.74) is 0. The molecule has 432 valence electrons. The van der Waals surface area contributed by atoms with Gasteiger partial charge in [-0.25, -0.2) is 0 Å². The zero-order chi connectivity index (χ0) is 52.9. The molecule has 0 saturated heterocycles. The van der Waals surface area contributed by atoms with Gasteiger partial charge in [0.2, 0.25) is 5.91 Å². The molecule has 6 heteroatoms. The summed E-state index contributed by atoms with van der Waals surface area (Å²) in [5.74, 6) is -0.0721. The molecule has 0 aliphatic heterocycles. The van der Waals surface area contributed by atoms with Crippen LogP contribution in [0.3, 0.4) is 0 Å². The van der Waals surface area contributed by atoms with E-state index in [4.69, 9.17) is 4.74 Å². The number of aliphatic hydroxyl groups is 2. The van der Waals surface area contributed by atoms with Gasteiger partial charge in [0, 0.05) is 12.8 Å². The van der Waals surface area contributed by atoms with E-state index < -0.39 is 12.1 Å². The Morgan fingerprint density at radius 1 is 0.370 bits per heavy atom. The molecule has 0 radical (unpaired) electrons. The number of allylic oxidation sites excluding steroid dienone is 3. The highest BCUT2D eigenvalue weighted by atomic mass is 16.5. The molecule has 0 bridgehead atoms. The first-order chi connectivity index (χ1) is 36.0. The number of hydrogen-bond donors (Lipinski definition) is 3. The lowest BCUT2D eigenvalue weighted by Gasteiger charge is -2.20. The maximum absolute atomic E-state index is 12.5. The summed E-state index contributed by atoms with van der Waals surface area (Å²) < 4.78 is 5.48. The van der Waals surface area contributed by atoms with Crippen LogP contribution in [-0.4, -0.2) is 47.4 Å². The minimum absolute atomic E-state index is 0.00258. The van der Waals surface area contributed by atoms with Crippen molar-refractivity contribution in [3.63, 3.8) is 0 Å². The molecule has 0 rings (SSSR count). The van der Waals surface area contributed by atoms with Crippen LogP contribution in [0.25, 0.3) is 0 Å². The van der Waals surface area contributed by atoms with Crippen molar-refractivity contribution in [2.24, 2.45) is 0 Å². The van der Waals surface area contributed by atoms with Gasteiger partial charge < -0.3 is 20.3 Å². The highest BCUT2D eigenvalue weighted by molar-refractivity contribution is 5.76. The predicted octanol–water partition coefficient (Wildman–Crippen LogP) is 21.0. The number of aliphatic hydroxyl groups excluding tert-OH is 2. The number of nitrogens with one attached hydrogen (secondary N) is 1. The van der Waals surface area contributed by atoms with Crippen LogP contribution in [0.4, 0.5) is 0 Å². The first-order valence-electron chi connectivity index (χ1n) is 33.1. The topological polar surface area (TPSA) is 95.9 Å². The van der Waals surface area contributed by atoms with Crippen molar-refractivity contribution in [3.05, 3.63) is 24.3 Å². The third-order valence-electron chi connectivity index (χ3n) is 15.5. The van der Waals surface area contributed by atoms with Gasteiger partial charge >= 0.3 is 5.97 Å². The van der Waals surface area contributed by atoms with Gasteiger partial charge in [-0.1, -0.05) is 321 Å². The second kappa shape index (κ2) is 62.9. The number of unbranched alkanes of at least 4 members (excludes halogenated alkanes) is 49. The fraction of sp³-hybridized carbons (Fsp3) is 0.910. The van der Waals surface area contributed by atoms with Crippen molar-refractivity contribution < 1.29 is 24.5 Å². The van der Waals surface area contributed by atoms with E-state index in [0.717, 1.165) is 44.9 Å². The van der Waals surface area contributed by atoms with Gasteiger partial charge in [0.05, 0.1) is 25.4 Å². The Bertz CT molecular complexity index is 1140. The third kappa shape index (κ3) is 59.4. The summed E-state index contributed by atoms with van der Waals surface area (Å²) in [6.07, 6.45) is 78.0. The van der Waals surface area contributed by atoms with E-state index in [0.29, 0.717) is 19.4 Å². The molecular formula is C67H129NO5. The molecular weight excluding hydrogens is 899 g/mol. The van der Waals surface area contributed by atoms with Gasteiger partial charge in [-0.05, 0) is 57.8 Å². The quantitative estimate of drug-likeness (QED) is 0.0320. The summed E-state index contributed by atoms with van der Waals surface area (Å²) >= 11 is 0. The number of amides is 1. The normalized spacial score (nSPS) is 12.7. The van der Waals surface area contributed by atoms with Crippen molar-refractivity contribution in [1.29, 1.82) is 0 Å². The van der Waals surface area contributed by atoms with Crippen LogP contribution in [0.1, 0.15) is 367 Å². The SMILES string of the molecule is CCCCCCCC/C=C\CCCCCCCC(=O)OCCCCCCCCCCCCCCCCCCCC(=O)NC(CO)C(O)/C=C/CCCCCCCCCCCCCCCCCCCCCCCC. The molecule has 0 saturated carbocycles. The lowest BCUT2D eigenvalue weighted by molar-refractivity contribution is -0.143. The molecule has 2 unspecified atom stereocenters. The molecule has 0 heterocycles. The number of esters is 1. The van der Waals surface area contributed by atoms with Crippen molar-refractivity contribution in [2.75, 3.05) is 13.2 Å². The largest absolute Gasteiger partial charge is 0.466 e. The fourth-order valence-electron chi connectivity index (χ4n) is 10.4. The highest BCUT2D eigenvalue weighted by Gasteiger charge is 2.18.